The molecule has 0 amide bonds. The van der Waals surface area contributed by atoms with Gasteiger partial charge in [-0.05, 0) is 53.3 Å². The molecule has 29 heavy (non-hydrogen) atoms. The molecule has 1 aliphatic carbocycles. The Bertz CT molecular complexity index is 929. The van der Waals surface area contributed by atoms with Crippen LogP contribution in [0.1, 0.15) is 35.1 Å². The molecule has 3 nitrogen and oxygen atoms in total. The van der Waals surface area contributed by atoms with Crippen LogP contribution >= 0.6 is 0 Å². The van der Waals surface area contributed by atoms with E-state index in [0.29, 0.717) is 37.2 Å². The third kappa shape index (κ3) is 5.28. The number of ether oxygens (including phenoxy) is 2. The average Bonchev–Trinajstić information content (AvgIpc) is 2.72. The number of carbonyl (C=O) groups is 1. The van der Waals surface area contributed by atoms with E-state index in [0.717, 1.165) is 23.3 Å². The number of aryl methyl sites for hydroxylation is 1. The van der Waals surface area contributed by atoms with Crippen LogP contribution in [0.5, 0.6) is 5.75 Å². The lowest BCUT2D eigenvalue weighted by atomic mass is 9.87. The molecule has 0 atom stereocenters. The molecule has 3 rings (SSSR count). The molecule has 0 N–H and O–H groups in total. The maximum atomic E-state index is 13.4. The number of hydrogen-bond acceptors (Lipinski definition) is 3. The summed E-state index contributed by atoms with van der Waals surface area (Å²) < 4.78 is 50.6. The Morgan fingerprint density at radius 2 is 1.90 bits per heavy atom. The second kappa shape index (κ2) is 8.99. The highest BCUT2D eigenvalue weighted by molar-refractivity contribution is 5.86. The first-order valence-electron chi connectivity index (χ1n) is 9.30. The number of alkyl halides is 3. The van der Waals surface area contributed by atoms with Gasteiger partial charge in [0.05, 0.1) is 18.8 Å². The highest BCUT2D eigenvalue weighted by Crippen LogP contribution is 2.39. The SMILES string of the molecule is C=CC(=O)OCCCOc1ccc2c(c1)C=C(c1ccccc1C(F)(F)F)CC2. The van der Waals surface area contributed by atoms with Gasteiger partial charge in [0.1, 0.15) is 5.75 Å². The Morgan fingerprint density at radius 1 is 1.10 bits per heavy atom. The average molecular weight is 402 g/mol. The first-order valence-corrected chi connectivity index (χ1v) is 9.30. The molecular formula is C23H21F3O3. The Kier molecular flexibility index (Phi) is 6.42. The Labute approximate surface area is 167 Å². The molecule has 0 saturated carbocycles. The third-order valence-corrected chi connectivity index (χ3v) is 4.66. The quantitative estimate of drug-likeness (QED) is 0.339. The van der Waals surface area contributed by atoms with E-state index in [1.54, 1.807) is 6.07 Å². The van der Waals surface area contributed by atoms with Crippen molar-refractivity contribution in [2.24, 2.45) is 0 Å². The first kappa shape index (κ1) is 20.7. The zero-order valence-corrected chi connectivity index (χ0v) is 15.8. The number of allylic oxidation sites excluding steroid dienone is 1. The lowest BCUT2D eigenvalue weighted by molar-refractivity contribution is -0.138. The Hall–Kier alpha value is -3.02. The number of carbonyl (C=O) groups excluding carboxylic acids is 1. The minimum Gasteiger partial charge on any atom is -0.493 e. The molecule has 2 aromatic carbocycles. The highest BCUT2D eigenvalue weighted by Gasteiger charge is 2.34. The van der Waals surface area contributed by atoms with E-state index in [1.165, 1.54) is 12.1 Å². The van der Waals surface area contributed by atoms with Gasteiger partial charge in [0.15, 0.2) is 0 Å². The van der Waals surface area contributed by atoms with Crippen molar-refractivity contribution in [1.29, 1.82) is 0 Å². The summed E-state index contributed by atoms with van der Waals surface area (Å²) in [4.78, 5) is 11.0. The molecule has 0 fully saturated rings. The van der Waals surface area contributed by atoms with E-state index in [4.69, 9.17) is 9.47 Å². The predicted molar refractivity (Wildman–Crippen MR) is 105 cm³/mol. The van der Waals surface area contributed by atoms with Crippen LogP contribution in [0.2, 0.25) is 0 Å². The normalized spacial score (nSPS) is 13.3. The molecule has 2 aromatic rings. The molecule has 0 heterocycles. The van der Waals surface area contributed by atoms with Crippen molar-refractivity contribution in [3.8, 4) is 5.75 Å². The van der Waals surface area contributed by atoms with Crippen molar-refractivity contribution in [1.82, 2.24) is 0 Å². The molecule has 0 saturated heterocycles. The van der Waals surface area contributed by atoms with E-state index in [2.05, 4.69) is 6.58 Å². The van der Waals surface area contributed by atoms with Crippen molar-refractivity contribution in [3.05, 3.63) is 77.4 Å². The molecule has 6 heteroatoms. The lowest BCUT2D eigenvalue weighted by Crippen LogP contribution is -2.10. The summed E-state index contributed by atoms with van der Waals surface area (Å²) in [5.74, 6) is 0.149. The number of esters is 1. The van der Waals surface area contributed by atoms with E-state index < -0.39 is 17.7 Å². The third-order valence-electron chi connectivity index (χ3n) is 4.66. The fraction of sp³-hybridized carbons (Fsp3) is 0.261. The summed E-state index contributed by atoms with van der Waals surface area (Å²) in [6.45, 7) is 3.91. The second-order valence-corrected chi connectivity index (χ2v) is 6.65. The van der Waals surface area contributed by atoms with Gasteiger partial charge in [-0.2, -0.15) is 13.2 Å². The smallest absolute Gasteiger partial charge is 0.416 e. The molecule has 0 radical (unpaired) electrons. The van der Waals surface area contributed by atoms with Crippen molar-refractivity contribution >= 4 is 17.6 Å². The van der Waals surface area contributed by atoms with Crippen LogP contribution in [-0.2, 0) is 22.1 Å². The van der Waals surface area contributed by atoms with Crippen LogP contribution < -0.4 is 4.74 Å². The molecule has 1 aliphatic rings. The van der Waals surface area contributed by atoms with E-state index in [9.17, 15) is 18.0 Å². The maximum absolute atomic E-state index is 13.4. The molecular weight excluding hydrogens is 381 g/mol. The van der Waals surface area contributed by atoms with Gasteiger partial charge in [-0.3, -0.25) is 0 Å². The number of hydrogen-bond donors (Lipinski definition) is 0. The van der Waals surface area contributed by atoms with E-state index in [-0.39, 0.29) is 12.2 Å². The van der Waals surface area contributed by atoms with Gasteiger partial charge in [0, 0.05) is 12.5 Å². The Morgan fingerprint density at radius 3 is 2.66 bits per heavy atom. The molecule has 0 spiro atoms. The number of fused-ring (bicyclic) bond motifs is 1. The standard InChI is InChI=1S/C23H21F3O3/c1-2-22(27)29-13-5-12-28-19-11-10-16-8-9-17(14-18(16)15-19)20-6-3-4-7-21(20)23(24,25)26/h2-4,6-7,10-11,14-15H,1,5,8-9,12-13H2. The van der Waals surface area contributed by atoms with Gasteiger partial charge in [-0.1, -0.05) is 36.9 Å². The van der Waals surface area contributed by atoms with Crippen LogP contribution in [0.25, 0.3) is 11.6 Å². The monoisotopic (exact) mass is 402 g/mol. The molecule has 0 unspecified atom stereocenters. The van der Waals surface area contributed by atoms with E-state index >= 15 is 0 Å². The van der Waals surface area contributed by atoms with Crippen LogP contribution in [0.15, 0.2) is 55.1 Å². The zero-order chi connectivity index (χ0) is 20.9. The van der Waals surface area contributed by atoms with Gasteiger partial charge in [-0.25, -0.2) is 4.79 Å². The Balaban J connectivity index is 1.73. The van der Waals surface area contributed by atoms with Crippen molar-refractivity contribution in [2.75, 3.05) is 13.2 Å². The zero-order valence-electron chi connectivity index (χ0n) is 15.8. The van der Waals surface area contributed by atoms with E-state index in [1.807, 2.05) is 24.3 Å². The maximum Gasteiger partial charge on any atom is 0.416 e. The minimum absolute atomic E-state index is 0.223. The van der Waals surface area contributed by atoms with Crippen LogP contribution in [0.3, 0.4) is 0 Å². The van der Waals surface area contributed by atoms with Gasteiger partial charge < -0.3 is 9.47 Å². The van der Waals surface area contributed by atoms with Gasteiger partial charge in [-0.15, -0.1) is 0 Å². The van der Waals surface area contributed by atoms with Crippen molar-refractivity contribution in [2.45, 2.75) is 25.4 Å². The summed E-state index contributed by atoms with van der Waals surface area (Å²) in [5, 5.41) is 0. The van der Waals surface area contributed by atoms with Crippen molar-refractivity contribution in [3.63, 3.8) is 0 Å². The number of benzene rings is 2. The second-order valence-electron chi connectivity index (χ2n) is 6.65. The first-order chi connectivity index (χ1) is 13.9. The molecule has 0 aromatic heterocycles. The minimum atomic E-state index is -4.39. The molecule has 0 aliphatic heterocycles. The molecule has 0 bridgehead atoms. The predicted octanol–water partition coefficient (Wildman–Crippen LogP) is 5.69. The van der Waals surface area contributed by atoms with Crippen molar-refractivity contribution < 1.29 is 27.4 Å². The fourth-order valence-corrected chi connectivity index (χ4v) is 3.26. The summed E-state index contributed by atoms with van der Waals surface area (Å²) in [5.41, 5.74) is 2.21. The van der Waals surface area contributed by atoms with Gasteiger partial charge in [0.25, 0.3) is 0 Å². The summed E-state index contributed by atoms with van der Waals surface area (Å²) >= 11 is 0. The highest BCUT2D eigenvalue weighted by atomic mass is 19.4. The topological polar surface area (TPSA) is 35.5 Å². The molecule has 152 valence electrons. The van der Waals surface area contributed by atoms with Gasteiger partial charge in [0.2, 0.25) is 0 Å². The number of rotatable bonds is 7. The summed E-state index contributed by atoms with van der Waals surface area (Å²) in [6.07, 6.45) is 0.266. The van der Waals surface area contributed by atoms with Crippen LogP contribution in [-0.4, -0.2) is 19.2 Å². The summed E-state index contributed by atoms with van der Waals surface area (Å²) in [7, 11) is 0. The van der Waals surface area contributed by atoms with Crippen LogP contribution in [0, 0.1) is 0 Å². The fourth-order valence-electron chi connectivity index (χ4n) is 3.26. The van der Waals surface area contributed by atoms with Crippen LogP contribution in [0.4, 0.5) is 13.2 Å². The summed E-state index contributed by atoms with van der Waals surface area (Å²) in [6, 6.07) is 11.3. The van der Waals surface area contributed by atoms with Gasteiger partial charge >= 0.3 is 12.1 Å². The largest absolute Gasteiger partial charge is 0.493 e. The lowest BCUT2D eigenvalue weighted by Gasteiger charge is -2.20. The number of halogens is 3.